The van der Waals surface area contributed by atoms with Crippen molar-refractivity contribution in [2.24, 2.45) is 0 Å². The Bertz CT molecular complexity index is 204. The van der Waals surface area contributed by atoms with E-state index in [1.54, 1.807) is 6.08 Å². The van der Waals surface area contributed by atoms with Gasteiger partial charge in [-0.2, -0.15) is 0 Å². The van der Waals surface area contributed by atoms with Crippen LogP contribution in [0, 0.1) is 0 Å². The average molecular weight is 155 g/mol. The van der Waals surface area contributed by atoms with E-state index in [4.69, 9.17) is 0 Å². The standard InChI is InChI=1S/C9H14FN/c1-3-11-9-6-4-5-8(10)7(9)2/h5,11H,3-4,6H2,1-2H3. The first-order chi connectivity index (χ1) is 5.25. The van der Waals surface area contributed by atoms with Crippen molar-refractivity contribution in [3.05, 3.63) is 23.2 Å². The summed E-state index contributed by atoms with van der Waals surface area (Å²) in [5.74, 6) is -0.0628. The third-order valence-electron chi connectivity index (χ3n) is 1.92. The van der Waals surface area contributed by atoms with Gasteiger partial charge in [-0.15, -0.1) is 0 Å². The topological polar surface area (TPSA) is 12.0 Å². The predicted octanol–water partition coefficient (Wildman–Crippen LogP) is 2.52. The van der Waals surface area contributed by atoms with Crippen LogP contribution in [0.3, 0.4) is 0 Å². The lowest BCUT2D eigenvalue weighted by Crippen LogP contribution is -2.15. The molecule has 0 atom stereocenters. The van der Waals surface area contributed by atoms with Gasteiger partial charge in [-0.1, -0.05) is 0 Å². The highest BCUT2D eigenvalue weighted by molar-refractivity contribution is 5.31. The second kappa shape index (κ2) is 3.56. The van der Waals surface area contributed by atoms with Crippen LogP contribution in [0.2, 0.25) is 0 Å². The van der Waals surface area contributed by atoms with Gasteiger partial charge in [0.2, 0.25) is 0 Å². The lowest BCUT2D eigenvalue weighted by atomic mass is 10.0. The van der Waals surface area contributed by atoms with Crippen LogP contribution in [-0.4, -0.2) is 6.54 Å². The van der Waals surface area contributed by atoms with Gasteiger partial charge in [-0.3, -0.25) is 0 Å². The minimum Gasteiger partial charge on any atom is -0.388 e. The van der Waals surface area contributed by atoms with E-state index in [9.17, 15) is 4.39 Å². The minimum absolute atomic E-state index is 0.0628. The van der Waals surface area contributed by atoms with E-state index in [0.29, 0.717) is 0 Å². The van der Waals surface area contributed by atoms with Crippen molar-refractivity contribution in [2.75, 3.05) is 6.54 Å². The molecule has 0 bridgehead atoms. The zero-order chi connectivity index (χ0) is 8.27. The summed E-state index contributed by atoms with van der Waals surface area (Å²) >= 11 is 0. The van der Waals surface area contributed by atoms with E-state index < -0.39 is 0 Å². The maximum Gasteiger partial charge on any atom is 0.123 e. The molecule has 0 unspecified atom stereocenters. The molecule has 0 spiro atoms. The Morgan fingerprint density at radius 2 is 2.36 bits per heavy atom. The van der Waals surface area contributed by atoms with Gasteiger partial charge in [0.25, 0.3) is 0 Å². The summed E-state index contributed by atoms with van der Waals surface area (Å²) in [6.07, 6.45) is 3.43. The third kappa shape index (κ3) is 1.82. The number of hydrogen-bond acceptors (Lipinski definition) is 1. The Hall–Kier alpha value is -0.790. The van der Waals surface area contributed by atoms with Crippen molar-refractivity contribution in [1.29, 1.82) is 0 Å². The Morgan fingerprint density at radius 1 is 1.64 bits per heavy atom. The number of allylic oxidation sites excluding steroid dienone is 4. The van der Waals surface area contributed by atoms with Crippen LogP contribution in [0.4, 0.5) is 4.39 Å². The van der Waals surface area contributed by atoms with Crippen LogP contribution in [0.1, 0.15) is 26.7 Å². The molecule has 1 N–H and O–H groups in total. The maximum absolute atomic E-state index is 12.9. The molecule has 11 heavy (non-hydrogen) atoms. The lowest BCUT2D eigenvalue weighted by Gasteiger charge is -2.15. The van der Waals surface area contributed by atoms with Gasteiger partial charge < -0.3 is 5.32 Å². The molecule has 0 saturated heterocycles. The van der Waals surface area contributed by atoms with E-state index in [0.717, 1.165) is 30.7 Å². The van der Waals surface area contributed by atoms with E-state index in [1.165, 1.54) is 0 Å². The van der Waals surface area contributed by atoms with Gasteiger partial charge in [0.1, 0.15) is 5.83 Å². The summed E-state index contributed by atoms with van der Waals surface area (Å²) in [5, 5.41) is 3.16. The van der Waals surface area contributed by atoms with Crippen LogP contribution in [0.25, 0.3) is 0 Å². The van der Waals surface area contributed by atoms with E-state index >= 15 is 0 Å². The number of halogens is 1. The summed E-state index contributed by atoms with van der Waals surface area (Å²) < 4.78 is 12.9. The van der Waals surface area contributed by atoms with Gasteiger partial charge >= 0.3 is 0 Å². The van der Waals surface area contributed by atoms with E-state index in [1.807, 2.05) is 13.8 Å². The Morgan fingerprint density at radius 3 is 3.00 bits per heavy atom. The molecule has 1 aliphatic rings. The van der Waals surface area contributed by atoms with Crippen LogP contribution in [-0.2, 0) is 0 Å². The van der Waals surface area contributed by atoms with E-state index in [-0.39, 0.29) is 5.83 Å². The van der Waals surface area contributed by atoms with Crippen LogP contribution >= 0.6 is 0 Å². The minimum atomic E-state index is -0.0628. The second-order valence-electron chi connectivity index (χ2n) is 2.72. The molecule has 0 aliphatic heterocycles. The second-order valence-corrected chi connectivity index (χ2v) is 2.72. The molecule has 0 heterocycles. The first kappa shape index (κ1) is 8.31. The molecule has 62 valence electrons. The zero-order valence-corrected chi connectivity index (χ0v) is 7.08. The summed E-state index contributed by atoms with van der Waals surface area (Å²) in [4.78, 5) is 0. The van der Waals surface area contributed by atoms with Gasteiger partial charge in [0, 0.05) is 17.8 Å². The molecule has 0 saturated carbocycles. The van der Waals surface area contributed by atoms with Gasteiger partial charge in [-0.25, -0.2) is 4.39 Å². The van der Waals surface area contributed by atoms with Gasteiger partial charge in [-0.05, 0) is 32.8 Å². The molecule has 0 radical (unpaired) electrons. The fourth-order valence-corrected chi connectivity index (χ4v) is 1.26. The molecular formula is C9H14FN. The molecule has 0 aromatic heterocycles. The SMILES string of the molecule is CCNC1=C(C)C(F)=CCC1. The average Bonchev–Trinajstić information content (AvgIpc) is 1.99. The monoisotopic (exact) mass is 155 g/mol. The number of nitrogens with one attached hydrogen (secondary N) is 1. The fraction of sp³-hybridized carbons (Fsp3) is 0.556. The van der Waals surface area contributed by atoms with Crippen molar-refractivity contribution < 1.29 is 4.39 Å². The molecule has 0 amide bonds. The maximum atomic E-state index is 12.9. The Balaban J connectivity index is 2.74. The molecule has 1 rings (SSSR count). The molecular weight excluding hydrogens is 141 g/mol. The van der Waals surface area contributed by atoms with Crippen LogP contribution in [0.15, 0.2) is 23.2 Å². The number of hydrogen-bond donors (Lipinski definition) is 1. The van der Waals surface area contributed by atoms with Crippen LogP contribution < -0.4 is 5.32 Å². The van der Waals surface area contributed by atoms with Crippen molar-refractivity contribution in [1.82, 2.24) is 5.32 Å². The quantitative estimate of drug-likeness (QED) is 0.646. The van der Waals surface area contributed by atoms with Crippen molar-refractivity contribution >= 4 is 0 Å². The fourth-order valence-electron chi connectivity index (χ4n) is 1.26. The molecule has 0 aromatic rings. The summed E-state index contributed by atoms with van der Waals surface area (Å²) in [6.45, 7) is 4.72. The summed E-state index contributed by atoms with van der Waals surface area (Å²) in [6, 6.07) is 0. The molecule has 0 aromatic carbocycles. The summed E-state index contributed by atoms with van der Waals surface area (Å²) in [5.41, 5.74) is 1.84. The smallest absolute Gasteiger partial charge is 0.123 e. The predicted molar refractivity (Wildman–Crippen MR) is 44.8 cm³/mol. The third-order valence-corrected chi connectivity index (χ3v) is 1.92. The molecule has 2 heteroatoms. The zero-order valence-electron chi connectivity index (χ0n) is 7.08. The highest BCUT2D eigenvalue weighted by atomic mass is 19.1. The molecule has 0 fully saturated rings. The van der Waals surface area contributed by atoms with Crippen molar-refractivity contribution in [2.45, 2.75) is 26.7 Å². The molecule has 1 nitrogen and oxygen atoms in total. The molecule has 1 aliphatic carbocycles. The normalized spacial score (nSPS) is 18.3. The van der Waals surface area contributed by atoms with Gasteiger partial charge in [0.05, 0.1) is 0 Å². The van der Waals surface area contributed by atoms with Crippen molar-refractivity contribution in [3.63, 3.8) is 0 Å². The largest absolute Gasteiger partial charge is 0.388 e. The Kier molecular flexibility index (Phi) is 2.69. The van der Waals surface area contributed by atoms with Crippen LogP contribution in [0.5, 0.6) is 0 Å². The lowest BCUT2D eigenvalue weighted by molar-refractivity contribution is 0.615. The highest BCUT2D eigenvalue weighted by Crippen LogP contribution is 2.23. The van der Waals surface area contributed by atoms with Gasteiger partial charge in [0.15, 0.2) is 0 Å². The van der Waals surface area contributed by atoms with Crippen molar-refractivity contribution in [3.8, 4) is 0 Å². The highest BCUT2D eigenvalue weighted by Gasteiger charge is 2.10. The van der Waals surface area contributed by atoms with E-state index in [2.05, 4.69) is 5.32 Å². The summed E-state index contributed by atoms with van der Waals surface area (Å²) in [7, 11) is 0. The first-order valence-corrected chi connectivity index (χ1v) is 4.05. The number of rotatable bonds is 2. The first-order valence-electron chi connectivity index (χ1n) is 4.05. The Labute approximate surface area is 67.0 Å².